The van der Waals surface area contributed by atoms with E-state index in [0.29, 0.717) is 34.1 Å². The number of hydrogen-bond acceptors (Lipinski definition) is 8. The third-order valence-corrected chi connectivity index (χ3v) is 5.84. The summed E-state index contributed by atoms with van der Waals surface area (Å²) in [6.07, 6.45) is 1.43. The quantitative estimate of drug-likeness (QED) is 0.135. The lowest BCUT2D eigenvalue weighted by atomic mass is 10.0. The van der Waals surface area contributed by atoms with Gasteiger partial charge in [0.25, 0.3) is 11.8 Å². The van der Waals surface area contributed by atoms with Gasteiger partial charge in [0.05, 0.1) is 39.7 Å². The minimum atomic E-state index is -0.530. The number of ether oxygens (including phenoxy) is 4. The molecule has 204 valence electrons. The van der Waals surface area contributed by atoms with E-state index in [1.54, 1.807) is 30.3 Å². The van der Waals surface area contributed by atoms with Gasteiger partial charge in [0.2, 0.25) is 5.75 Å². The molecule has 10 heteroatoms. The molecule has 2 amide bonds. The number of nitrogens with zero attached hydrogens (tertiary/aromatic N) is 1. The number of hydrogen-bond donors (Lipinski definition) is 2. The number of fused-ring (bicyclic) bond motifs is 1. The van der Waals surface area contributed by atoms with Crippen LogP contribution in [0.2, 0.25) is 0 Å². The highest BCUT2D eigenvalue weighted by molar-refractivity contribution is 6.05. The van der Waals surface area contributed by atoms with Crippen LogP contribution in [0.1, 0.15) is 26.3 Å². The highest BCUT2D eigenvalue weighted by Gasteiger charge is 2.17. The van der Waals surface area contributed by atoms with Crippen LogP contribution in [0.15, 0.2) is 84.0 Å². The predicted molar refractivity (Wildman–Crippen MR) is 150 cm³/mol. The number of carbonyl (C=O) groups is 3. The second-order valence-electron chi connectivity index (χ2n) is 8.38. The second kappa shape index (κ2) is 12.9. The minimum Gasteiger partial charge on any atom is -0.493 e. The first-order valence-corrected chi connectivity index (χ1v) is 12.1. The van der Waals surface area contributed by atoms with E-state index in [2.05, 4.69) is 15.8 Å². The van der Waals surface area contributed by atoms with Gasteiger partial charge in [0.15, 0.2) is 11.5 Å². The number of hydrazone groups is 1. The molecule has 2 N–H and O–H groups in total. The number of esters is 1. The van der Waals surface area contributed by atoms with E-state index < -0.39 is 17.8 Å². The molecular weight excluding hydrogens is 514 g/mol. The molecule has 40 heavy (non-hydrogen) atoms. The largest absolute Gasteiger partial charge is 0.493 e. The van der Waals surface area contributed by atoms with Crippen LogP contribution in [0.5, 0.6) is 23.0 Å². The van der Waals surface area contributed by atoms with Gasteiger partial charge in [-0.2, -0.15) is 5.10 Å². The van der Waals surface area contributed by atoms with Gasteiger partial charge in [-0.1, -0.05) is 36.4 Å². The van der Waals surface area contributed by atoms with Crippen molar-refractivity contribution in [3.05, 3.63) is 95.6 Å². The van der Waals surface area contributed by atoms with E-state index in [9.17, 15) is 14.4 Å². The summed E-state index contributed by atoms with van der Waals surface area (Å²) in [7, 11) is 4.34. The maximum Gasteiger partial charge on any atom is 0.344 e. The van der Waals surface area contributed by atoms with Crippen LogP contribution in [0.4, 0.5) is 0 Å². The van der Waals surface area contributed by atoms with E-state index in [0.717, 1.165) is 10.8 Å². The molecule has 0 aliphatic rings. The lowest BCUT2D eigenvalue weighted by Gasteiger charge is -2.14. The molecule has 0 fully saturated rings. The Morgan fingerprint density at radius 3 is 2.17 bits per heavy atom. The third-order valence-electron chi connectivity index (χ3n) is 5.84. The van der Waals surface area contributed by atoms with Crippen molar-refractivity contribution in [2.24, 2.45) is 5.10 Å². The fourth-order valence-corrected chi connectivity index (χ4v) is 3.88. The van der Waals surface area contributed by atoms with Crippen molar-refractivity contribution in [1.29, 1.82) is 0 Å². The highest BCUT2D eigenvalue weighted by atomic mass is 16.5. The smallest absolute Gasteiger partial charge is 0.344 e. The molecule has 0 saturated heterocycles. The molecule has 10 nitrogen and oxygen atoms in total. The summed E-state index contributed by atoms with van der Waals surface area (Å²) in [5.74, 6) is -0.146. The first kappa shape index (κ1) is 27.6. The summed E-state index contributed by atoms with van der Waals surface area (Å²) in [6, 6.07) is 22.7. The van der Waals surface area contributed by atoms with E-state index >= 15 is 0 Å². The van der Waals surface area contributed by atoms with E-state index in [4.69, 9.17) is 18.9 Å². The fourth-order valence-electron chi connectivity index (χ4n) is 3.88. The summed E-state index contributed by atoms with van der Waals surface area (Å²) in [5.41, 5.74) is 3.71. The fraction of sp³-hybridized carbons (Fsp3) is 0.133. The van der Waals surface area contributed by atoms with Crippen molar-refractivity contribution in [1.82, 2.24) is 10.7 Å². The molecule has 0 heterocycles. The summed E-state index contributed by atoms with van der Waals surface area (Å²) in [4.78, 5) is 37.4. The Morgan fingerprint density at radius 1 is 0.825 bits per heavy atom. The van der Waals surface area contributed by atoms with Crippen molar-refractivity contribution in [2.45, 2.75) is 0 Å². The van der Waals surface area contributed by atoms with Crippen LogP contribution in [0, 0.1) is 0 Å². The molecule has 0 radical (unpaired) electrons. The highest BCUT2D eigenvalue weighted by Crippen LogP contribution is 2.38. The Labute approximate surface area is 230 Å². The summed E-state index contributed by atoms with van der Waals surface area (Å²) >= 11 is 0. The van der Waals surface area contributed by atoms with Gasteiger partial charge < -0.3 is 24.3 Å². The van der Waals surface area contributed by atoms with E-state index in [1.807, 2.05) is 36.4 Å². The van der Waals surface area contributed by atoms with Crippen LogP contribution in [-0.2, 0) is 4.79 Å². The van der Waals surface area contributed by atoms with Gasteiger partial charge in [0.1, 0.15) is 5.75 Å². The SMILES string of the molecule is COc1cc(C(=O)NCC(=O)NN=Cc2ccc(OC(=O)c3cccc4ccccc34)cc2)cc(OC)c1OC. The van der Waals surface area contributed by atoms with Crippen LogP contribution in [-0.4, -0.2) is 51.9 Å². The lowest BCUT2D eigenvalue weighted by molar-refractivity contribution is -0.120. The Bertz CT molecular complexity index is 1540. The average Bonchev–Trinajstić information content (AvgIpc) is 2.99. The Balaban J connectivity index is 1.29. The summed E-state index contributed by atoms with van der Waals surface area (Å²) < 4.78 is 21.3. The number of carbonyl (C=O) groups excluding carboxylic acids is 3. The molecule has 4 rings (SSSR count). The normalized spacial score (nSPS) is 10.7. The number of nitrogens with one attached hydrogen (secondary N) is 2. The Hall–Kier alpha value is -5.38. The maximum atomic E-state index is 12.7. The van der Waals surface area contributed by atoms with Crippen molar-refractivity contribution in [2.75, 3.05) is 27.9 Å². The maximum absolute atomic E-state index is 12.7. The zero-order valence-electron chi connectivity index (χ0n) is 22.1. The van der Waals surface area contributed by atoms with Crippen LogP contribution in [0.3, 0.4) is 0 Å². The van der Waals surface area contributed by atoms with Gasteiger partial charge in [-0.15, -0.1) is 0 Å². The minimum absolute atomic E-state index is 0.229. The van der Waals surface area contributed by atoms with Crippen LogP contribution in [0.25, 0.3) is 10.8 Å². The van der Waals surface area contributed by atoms with Crippen LogP contribution < -0.4 is 29.7 Å². The third kappa shape index (κ3) is 6.54. The molecule has 0 bridgehead atoms. The molecule has 0 saturated carbocycles. The zero-order chi connectivity index (χ0) is 28.5. The Kier molecular flexibility index (Phi) is 8.93. The molecule has 4 aromatic carbocycles. The molecule has 0 spiro atoms. The topological polar surface area (TPSA) is 125 Å². The van der Waals surface area contributed by atoms with Crippen molar-refractivity contribution < 1.29 is 33.3 Å². The van der Waals surface area contributed by atoms with Gasteiger partial charge >= 0.3 is 5.97 Å². The molecular formula is C30H27N3O7. The van der Waals surface area contributed by atoms with Gasteiger partial charge in [0, 0.05) is 5.56 Å². The van der Waals surface area contributed by atoms with Crippen molar-refractivity contribution in [3.63, 3.8) is 0 Å². The lowest BCUT2D eigenvalue weighted by Crippen LogP contribution is -2.34. The number of rotatable bonds is 10. The summed E-state index contributed by atoms with van der Waals surface area (Å²) in [6.45, 7) is -0.310. The van der Waals surface area contributed by atoms with Crippen molar-refractivity contribution >= 4 is 34.8 Å². The number of amides is 2. The monoisotopic (exact) mass is 541 g/mol. The molecule has 0 aliphatic carbocycles. The first-order valence-electron chi connectivity index (χ1n) is 12.1. The summed E-state index contributed by atoms with van der Waals surface area (Å²) in [5, 5.41) is 8.18. The van der Waals surface area contributed by atoms with Gasteiger partial charge in [-0.05, 0) is 58.8 Å². The van der Waals surface area contributed by atoms with Gasteiger partial charge in [-0.25, -0.2) is 10.2 Å². The van der Waals surface area contributed by atoms with Crippen LogP contribution >= 0.6 is 0 Å². The standard InChI is InChI=1S/C30H27N3O7/c1-37-25-15-21(16-26(38-2)28(25)39-3)29(35)31-18-27(34)33-32-17-19-11-13-22(14-12-19)40-30(36)24-10-6-8-20-7-4-5-9-23(20)24/h4-17H,18H2,1-3H3,(H,31,35)(H,33,34). The second-order valence-corrected chi connectivity index (χ2v) is 8.38. The molecule has 0 atom stereocenters. The zero-order valence-corrected chi connectivity index (χ0v) is 22.1. The molecule has 0 aliphatic heterocycles. The van der Waals surface area contributed by atoms with E-state index in [-0.39, 0.29) is 12.1 Å². The predicted octanol–water partition coefficient (Wildman–Crippen LogP) is 3.96. The molecule has 0 aromatic heterocycles. The number of benzene rings is 4. The molecule has 0 unspecified atom stereocenters. The first-order chi connectivity index (χ1) is 19.4. The Morgan fingerprint density at radius 2 is 1.50 bits per heavy atom. The number of methoxy groups -OCH3 is 3. The van der Waals surface area contributed by atoms with Crippen molar-refractivity contribution in [3.8, 4) is 23.0 Å². The van der Waals surface area contributed by atoms with Gasteiger partial charge in [-0.3, -0.25) is 9.59 Å². The molecule has 4 aromatic rings. The average molecular weight is 542 g/mol. The van der Waals surface area contributed by atoms with E-state index in [1.165, 1.54) is 39.7 Å².